The monoisotopic (exact) mass is 452 g/mol. The molecule has 2 aromatic rings. The van der Waals surface area contributed by atoms with Gasteiger partial charge in [-0.15, -0.1) is 0 Å². The Morgan fingerprint density at radius 1 is 1.15 bits per heavy atom. The molecule has 176 valence electrons. The second-order valence-electron chi connectivity index (χ2n) is 8.30. The molecule has 0 aliphatic carbocycles. The molecule has 1 atom stereocenters. The summed E-state index contributed by atoms with van der Waals surface area (Å²) in [5, 5.41) is 11.3. The van der Waals surface area contributed by atoms with Crippen molar-refractivity contribution in [3.63, 3.8) is 0 Å². The predicted octanol–water partition coefficient (Wildman–Crippen LogP) is 3.78. The minimum absolute atomic E-state index is 0.0743. The number of likely N-dealkylation sites (tertiary alicyclic amines) is 1. The van der Waals surface area contributed by atoms with Crippen LogP contribution in [0.2, 0.25) is 0 Å². The normalized spacial score (nSPS) is 17.6. The molecular formula is C26H32N2O5. The van der Waals surface area contributed by atoms with Crippen LogP contribution in [0.4, 0.5) is 0 Å². The summed E-state index contributed by atoms with van der Waals surface area (Å²) < 4.78 is 11.1. The molecule has 1 N–H and O–H groups in total. The van der Waals surface area contributed by atoms with Gasteiger partial charge >= 0.3 is 0 Å². The van der Waals surface area contributed by atoms with Crippen LogP contribution in [-0.4, -0.2) is 67.5 Å². The van der Waals surface area contributed by atoms with Crippen molar-refractivity contribution in [2.45, 2.75) is 26.3 Å². The molecule has 1 amide bonds. The standard InChI is InChI=1S/C26H32N2O5/c1-6-33-21-11-8-7-10-20(21)23-22(24(29)19-13-12-18(32-5)16-17(19)2)25(30)26(31)28(23)15-9-14-27(3)4/h7-8,10-13,16,23,29H,6,9,14-15H2,1-5H3/b24-22+/t23-/m1/s1. The quantitative estimate of drug-likeness (QED) is 0.354. The van der Waals surface area contributed by atoms with E-state index in [4.69, 9.17) is 9.47 Å². The number of aliphatic hydroxyl groups is 1. The number of para-hydroxylation sites is 1. The van der Waals surface area contributed by atoms with E-state index in [0.717, 1.165) is 12.1 Å². The SMILES string of the molecule is CCOc1ccccc1[C@@H]1/C(=C(\O)c2ccc(OC)cc2C)C(=O)C(=O)N1CCCN(C)C. The molecule has 3 rings (SSSR count). The lowest BCUT2D eigenvalue weighted by molar-refractivity contribution is -0.140. The summed E-state index contributed by atoms with van der Waals surface area (Å²) in [5.74, 6) is -0.269. The van der Waals surface area contributed by atoms with Gasteiger partial charge in [0.2, 0.25) is 0 Å². The van der Waals surface area contributed by atoms with Crippen LogP contribution in [-0.2, 0) is 9.59 Å². The van der Waals surface area contributed by atoms with E-state index in [1.54, 1.807) is 30.2 Å². The van der Waals surface area contributed by atoms with Crippen LogP contribution >= 0.6 is 0 Å². The lowest BCUT2D eigenvalue weighted by Gasteiger charge is -2.27. The zero-order chi connectivity index (χ0) is 24.1. The number of carbonyl (C=O) groups is 2. The van der Waals surface area contributed by atoms with Gasteiger partial charge in [0.15, 0.2) is 0 Å². The van der Waals surface area contributed by atoms with Gasteiger partial charge in [-0.05, 0) is 70.7 Å². The third kappa shape index (κ3) is 5.03. The molecule has 2 aromatic carbocycles. The Kier molecular flexibility index (Phi) is 7.76. The summed E-state index contributed by atoms with van der Waals surface area (Å²) in [5.41, 5.74) is 1.98. The number of methoxy groups -OCH3 is 1. The van der Waals surface area contributed by atoms with Gasteiger partial charge in [-0.1, -0.05) is 18.2 Å². The number of ether oxygens (including phenoxy) is 2. The number of carbonyl (C=O) groups excluding carboxylic acids is 2. The molecule has 0 saturated carbocycles. The van der Waals surface area contributed by atoms with E-state index < -0.39 is 17.7 Å². The van der Waals surface area contributed by atoms with Crippen molar-refractivity contribution in [2.24, 2.45) is 0 Å². The van der Waals surface area contributed by atoms with Crippen molar-refractivity contribution < 1.29 is 24.2 Å². The van der Waals surface area contributed by atoms with Gasteiger partial charge in [0.1, 0.15) is 17.3 Å². The van der Waals surface area contributed by atoms with E-state index in [-0.39, 0.29) is 11.3 Å². The van der Waals surface area contributed by atoms with Crippen LogP contribution in [0, 0.1) is 6.92 Å². The molecule has 1 aliphatic rings. The average molecular weight is 453 g/mol. The van der Waals surface area contributed by atoms with E-state index in [1.165, 1.54) is 0 Å². The number of nitrogens with zero attached hydrogens (tertiary/aromatic N) is 2. The Balaban J connectivity index is 2.17. The van der Waals surface area contributed by atoms with Crippen LogP contribution in [0.3, 0.4) is 0 Å². The largest absolute Gasteiger partial charge is 0.507 e. The fraction of sp³-hybridized carbons (Fsp3) is 0.385. The number of aryl methyl sites for hydroxylation is 1. The second kappa shape index (κ2) is 10.5. The van der Waals surface area contributed by atoms with Crippen molar-refractivity contribution in [2.75, 3.05) is 40.9 Å². The fourth-order valence-corrected chi connectivity index (χ4v) is 4.16. The molecule has 0 radical (unpaired) electrons. The zero-order valence-electron chi connectivity index (χ0n) is 19.9. The highest BCUT2D eigenvalue weighted by molar-refractivity contribution is 6.46. The van der Waals surface area contributed by atoms with Crippen molar-refractivity contribution in [3.8, 4) is 11.5 Å². The summed E-state index contributed by atoms with van der Waals surface area (Å²) in [7, 11) is 5.49. The summed E-state index contributed by atoms with van der Waals surface area (Å²) in [6, 6.07) is 11.8. The first kappa shape index (κ1) is 24.3. The Hall–Kier alpha value is -3.32. The highest BCUT2D eigenvalue weighted by atomic mass is 16.5. The van der Waals surface area contributed by atoms with Crippen LogP contribution in [0.25, 0.3) is 5.76 Å². The Morgan fingerprint density at radius 3 is 2.52 bits per heavy atom. The first-order valence-corrected chi connectivity index (χ1v) is 11.1. The molecule has 0 bridgehead atoms. The first-order chi connectivity index (χ1) is 15.8. The first-order valence-electron chi connectivity index (χ1n) is 11.1. The Morgan fingerprint density at radius 2 is 1.88 bits per heavy atom. The lowest BCUT2D eigenvalue weighted by Crippen LogP contribution is -2.32. The van der Waals surface area contributed by atoms with Gasteiger partial charge in [-0.3, -0.25) is 9.59 Å². The summed E-state index contributed by atoms with van der Waals surface area (Å²) in [6.45, 7) is 5.29. The number of benzene rings is 2. The minimum Gasteiger partial charge on any atom is -0.507 e. The number of amides is 1. The highest BCUT2D eigenvalue weighted by Crippen LogP contribution is 2.43. The summed E-state index contributed by atoms with van der Waals surface area (Å²) in [4.78, 5) is 29.9. The van der Waals surface area contributed by atoms with E-state index >= 15 is 0 Å². The molecule has 7 nitrogen and oxygen atoms in total. The van der Waals surface area contributed by atoms with Gasteiger partial charge in [0.05, 0.1) is 25.3 Å². The number of rotatable bonds is 9. The van der Waals surface area contributed by atoms with Crippen LogP contribution in [0.15, 0.2) is 48.0 Å². The van der Waals surface area contributed by atoms with Gasteiger partial charge in [-0.2, -0.15) is 0 Å². The summed E-state index contributed by atoms with van der Waals surface area (Å²) >= 11 is 0. The molecule has 0 unspecified atom stereocenters. The maximum Gasteiger partial charge on any atom is 0.295 e. The van der Waals surface area contributed by atoms with Crippen molar-refractivity contribution in [3.05, 3.63) is 64.7 Å². The Bertz CT molecular complexity index is 1060. The third-order valence-electron chi connectivity index (χ3n) is 5.75. The van der Waals surface area contributed by atoms with Crippen LogP contribution < -0.4 is 9.47 Å². The molecule has 1 saturated heterocycles. The summed E-state index contributed by atoms with van der Waals surface area (Å²) in [6.07, 6.45) is 0.689. The van der Waals surface area contributed by atoms with E-state index in [0.29, 0.717) is 42.2 Å². The van der Waals surface area contributed by atoms with Crippen molar-refractivity contribution >= 4 is 17.4 Å². The van der Waals surface area contributed by atoms with Gasteiger partial charge in [-0.25, -0.2) is 0 Å². The van der Waals surface area contributed by atoms with E-state index in [1.807, 2.05) is 57.1 Å². The highest BCUT2D eigenvalue weighted by Gasteiger charge is 2.46. The lowest BCUT2D eigenvalue weighted by atomic mass is 9.93. The molecule has 0 aromatic heterocycles. The van der Waals surface area contributed by atoms with Crippen LogP contribution in [0.5, 0.6) is 11.5 Å². The van der Waals surface area contributed by atoms with E-state index in [2.05, 4.69) is 0 Å². The van der Waals surface area contributed by atoms with Crippen molar-refractivity contribution in [1.29, 1.82) is 0 Å². The molecule has 33 heavy (non-hydrogen) atoms. The van der Waals surface area contributed by atoms with Gasteiger partial charge in [0, 0.05) is 17.7 Å². The van der Waals surface area contributed by atoms with Crippen molar-refractivity contribution in [1.82, 2.24) is 9.80 Å². The Labute approximate surface area is 195 Å². The molecule has 1 aliphatic heterocycles. The zero-order valence-corrected chi connectivity index (χ0v) is 19.9. The fourth-order valence-electron chi connectivity index (χ4n) is 4.16. The van der Waals surface area contributed by atoms with Gasteiger partial charge in [0.25, 0.3) is 11.7 Å². The number of hydrogen-bond donors (Lipinski definition) is 1. The number of Topliss-reactive ketones (excluding diaryl/α,β-unsaturated/α-hetero) is 1. The number of aliphatic hydroxyl groups excluding tert-OH is 1. The second-order valence-corrected chi connectivity index (χ2v) is 8.30. The third-order valence-corrected chi connectivity index (χ3v) is 5.75. The smallest absolute Gasteiger partial charge is 0.295 e. The average Bonchev–Trinajstić information content (AvgIpc) is 3.04. The molecule has 0 spiro atoms. The van der Waals surface area contributed by atoms with E-state index in [9.17, 15) is 14.7 Å². The topological polar surface area (TPSA) is 79.3 Å². The maximum absolute atomic E-state index is 13.2. The van der Waals surface area contributed by atoms with Gasteiger partial charge < -0.3 is 24.4 Å². The molecule has 1 fully saturated rings. The molecule has 7 heteroatoms. The predicted molar refractivity (Wildman–Crippen MR) is 128 cm³/mol. The number of hydrogen-bond acceptors (Lipinski definition) is 6. The minimum atomic E-state index is -0.739. The molecular weight excluding hydrogens is 420 g/mol. The maximum atomic E-state index is 13.2. The molecule has 1 heterocycles. The van der Waals surface area contributed by atoms with Crippen LogP contribution in [0.1, 0.15) is 36.1 Å². The number of ketones is 1.